The van der Waals surface area contributed by atoms with Gasteiger partial charge in [0.2, 0.25) is 0 Å². The summed E-state index contributed by atoms with van der Waals surface area (Å²) in [6.07, 6.45) is 0. The van der Waals surface area contributed by atoms with E-state index in [4.69, 9.17) is 11.6 Å². The lowest BCUT2D eigenvalue weighted by Crippen LogP contribution is -2.07. The van der Waals surface area contributed by atoms with E-state index in [9.17, 15) is 0 Å². The zero-order chi connectivity index (χ0) is 12.3. The van der Waals surface area contributed by atoms with Crippen molar-refractivity contribution < 1.29 is 0 Å². The molecule has 1 unspecified atom stereocenters. The largest absolute Gasteiger partial charge is 0.378 e. The van der Waals surface area contributed by atoms with Gasteiger partial charge in [0.15, 0.2) is 0 Å². The Hall–Kier alpha value is -0.740. The molecule has 1 atom stereocenters. The van der Waals surface area contributed by atoms with Gasteiger partial charge in [0.05, 0.1) is 0 Å². The average molecular weight is 358 g/mol. The summed E-state index contributed by atoms with van der Waals surface area (Å²) in [7, 11) is 0. The molecular formula is C14H13ClIN. The van der Waals surface area contributed by atoms with Crippen LogP contribution < -0.4 is 5.32 Å². The zero-order valence-electron chi connectivity index (χ0n) is 9.45. The number of anilines is 1. The predicted molar refractivity (Wildman–Crippen MR) is 82.6 cm³/mol. The molecular weight excluding hydrogens is 345 g/mol. The molecule has 0 radical (unpaired) electrons. The van der Waals surface area contributed by atoms with Crippen molar-refractivity contribution >= 4 is 39.9 Å². The van der Waals surface area contributed by atoms with Gasteiger partial charge in [-0.15, -0.1) is 0 Å². The van der Waals surface area contributed by atoms with Crippen LogP contribution in [0.5, 0.6) is 0 Å². The van der Waals surface area contributed by atoms with Crippen molar-refractivity contribution in [1.29, 1.82) is 0 Å². The van der Waals surface area contributed by atoms with Gasteiger partial charge >= 0.3 is 0 Å². The van der Waals surface area contributed by atoms with Gasteiger partial charge in [-0.1, -0.05) is 35.9 Å². The number of rotatable bonds is 3. The van der Waals surface area contributed by atoms with Crippen molar-refractivity contribution in [2.45, 2.75) is 13.0 Å². The number of hydrogen-bond acceptors (Lipinski definition) is 1. The van der Waals surface area contributed by atoms with Gasteiger partial charge in [0.1, 0.15) is 0 Å². The molecule has 2 rings (SSSR count). The number of hydrogen-bond donors (Lipinski definition) is 1. The predicted octanol–water partition coefficient (Wildman–Crippen LogP) is 5.12. The molecule has 0 aliphatic rings. The normalized spacial score (nSPS) is 12.2. The van der Waals surface area contributed by atoms with E-state index in [-0.39, 0.29) is 6.04 Å². The highest BCUT2D eigenvalue weighted by molar-refractivity contribution is 14.1. The molecule has 3 heteroatoms. The van der Waals surface area contributed by atoms with E-state index >= 15 is 0 Å². The van der Waals surface area contributed by atoms with Crippen LogP contribution in [-0.2, 0) is 0 Å². The zero-order valence-corrected chi connectivity index (χ0v) is 12.4. The highest BCUT2D eigenvalue weighted by atomic mass is 127. The monoisotopic (exact) mass is 357 g/mol. The lowest BCUT2D eigenvalue weighted by Gasteiger charge is -2.16. The van der Waals surface area contributed by atoms with E-state index in [2.05, 4.69) is 59.1 Å². The van der Waals surface area contributed by atoms with Gasteiger partial charge in [-0.3, -0.25) is 0 Å². The molecule has 0 heterocycles. The molecule has 0 bridgehead atoms. The van der Waals surface area contributed by atoms with Gasteiger partial charge in [-0.2, -0.15) is 0 Å². The smallest absolute Gasteiger partial charge is 0.0486 e. The summed E-state index contributed by atoms with van der Waals surface area (Å²) in [4.78, 5) is 0. The van der Waals surface area contributed by atoms with E-state index in [0.29, 0.717) is 0 Å². The Morgan fingerprint density at radius 2 is 1.71 bits per heavy atom. The molecule has 0 saturated heterocycles. The standard InChI is InChI=1S/C14H13ClIN/c1-10(11-6-8-12(15)9-7-11)17-14-5-3-2-4-13(14)16/h2-10,17H,1H3. The maximum atomic E-state index is 5.88. The van der Waals surface area contributed by atoms with Crippen LogP contribution in [0.3, 0.4) is 0 Å². The fourth-order valence-electron chi connectivity index (χ4n) is 1.65. The molecule has 0 saturated carbocycles. The molecule has 0 spiro atoms. The molecule has 0 amide bonds. The third-order valence-corrected chi connectivity index (χ3v) is 3.81. The fraction of sp³-hybridized carbons (Fsp3) is 0.143. The Kier molecular flexibility index (Phi) is 4.29. The summed E-state index contributed by atoms with van der Waals surface area (Å²) >= 11 is 8.21. The summed E-state index contributed by atoms with van der Waals surface area (Å²) < 4.78 is 1.23. The molecule has 2 aromatic rings. The second-order valence-electron chi connectivity index (χ2n) is 3.90. The molecule has 0 aliphatic heterocycles. The lowest BCUT2D eigenvalue weighted by atomic mass is 10.1. The molecule has 1 N–H and O–H groups in total. The molecule has 2 aromatic carbocycles. The van der Waals surface area contributed by atoms with Crippen LogP contribution in [0.4, 0.5) is 5.69 Å². The quantitative estimate of drug-likeness (QED) is 0.752. The second kappa shape index (κ2) is 5.74. The van der Waals surface area contributed by atoms with E-state index < -0.39 is 0 Å². The Labute approximate surface area is 120 Å². The van der Waals surface area contributed by atoms with E-state index in [1.807, 2.05) is 24.3 Å². The Bertz CT molecular complexity index is 496. The Morgan fingerprint density at radius 3 is 2.35 bits per heavy atom. The highest BCUT2D eigenvalue weighted by Gasteiger charge is 2.06. The first-order valence-electron chi connectivity index (χ1n) is 5.43. The minimum atomic E-state index is 0.267. The maximum absolute atomic E-state index is 5.88. The third-order valence-electron chi connectivity index (χ3n) is 2.62. The lowest BCUT2D eigenvalue weighted by molar-refractivity contribution is 0.883. The Morgan fingerprint density at radius 1 is 1.06 bits per heavy atom. The van der Waals surface area contributed by atoms with Gasteiger partial charge in [0, 0.05) is 20.3 Å². The van der Waals surface area contributed by atoms with Gasteiger partial charge in [-0.25, -0.2) is 0 Å². The van der Waals surface area contributed by atoms with E-state index in [0.717, 1.165) is 10.7 Å². The molecule has 1 nitrogen and oxygen atoms in total. The minimum absolute atomic E-state index is 0.267. The first-order valence-corrected chi connectivity index (χ1v) is 6.89. The van der Waals surface area contributed by atoms with Gasteiger partial charge in [-0.05, 0) is 59.3 Å². The van der Waals surface area contributed by atoms with Gasteiger partial charge in [0.25, 0.3) is 0 Å². The first-order chi connectivity index (χ1) is 8.16. The van der Waals surface area contributed by atoms with Crippen LogP contribution >= 0.6 is 34.2 Å². The summed E-state index contributed by atoms with van der Waals surface area (Å²) in [6.45, 7) is 2.15. The summed E-state index contributed by atoms with van der Waals surface area (Å²) in [5.41, 5.74) is 2.39. The third kappa shape index (κ3) is 3.36. The van der Waals surface area contributed by atoms with Crippen molar-refractivity contribution in [3.63, 3.8) is 0 Å². The molecule has 88 valence electrons. The van der Waals surface area contributed by atoms with Crippen LogP contribution in [0.1, 0.15) is 18.5 Å². The minimum Gasteiger partial charge on any atom is -0.378 e. The first kappa shape index (κ1) is 12.7. The van der Waals surface area contributed by atoms with Crippen LogP contribution in [0.25, 0.3) is 0 Å². The number of halogens is 2. The summed E-state index contributed by atoms with van der Waals surface area (Å²) in [5.74, 6) is 0. The Balaban J connectivity index is 2.14. The van der Waals surface area contributed by atoms with Crippen molar-refractivity contribution in [3.05, 3.63) is 62.7 Å². The van der Waals surface area contributed by atoms with Crippen LogP contribution in [0, 0.1) is 3.57 Å². The second-order valence-corrected chi connectivity index (χ2v) is 5.50. The summed E-state index contributed by atoms with van der Waals surface area (Å²) in [5, 5.41) is 4.27. The summed E-state index contributed by atoms with van der Waals surface area (Å²) in [6, 6.07) is 16.5. The average Bonchev–Trinajstić information content (AvgIpc) is 2.33. The molecule has 0 aromatic heterocycles. The molecule has 17 heavy (non-hydrogen) atoms. The maximum Gasteiger partial charge on any atom is 0.0486 e. The molecule has 0 aliphatic carbocycles. The van der Waals surface area contributed by atoms with Crippen molar-refractivity contribution in [2.24, 2.45) is 0 Å². The van der Waals surface area contributed by atoms with Crippen molar-refractivity contribution in [2.75, 3.05) is 5.32 Å². The number of benzene rings is 2. The van der Waals surface area contributed by atoms with E-state index in [1.165, 1.54) is 9.13 Å². The SMILES string of the molecule is CC(Nc1ccccc1I)c1ccc(Cl)cc1. The molecule has 0 fully saturated rings. The van der Waals surface area contributed by atoms with Crippen LogP contribution in [0.15, 0.2) is 48.5 Å². The van der Waals surface area contributed by atoms with Crippen LogP contribution in [0.2, 0.25) is 5.02 Å². The van der Waals surface area contributed by atoms with Crippen LogP contribution in [-0.4, -0.2) is 0 Å². The number of nitrogens with one attached hydrogen (secondary N) is 1. The van der Waals surface area contributed by atoms with E-state index in [1.54, 1.807) is 0 Å². The van der Waals surface area contributed by atoms with Gasteiger partial charge < -0.3 is 5.32 Å². The topological polar surface area (TPSA) is 12.0 Å². The van der Waals surface area contributed by atoms with Crippen molar-refractivity contribution in [3.8, 4) is 0 Å². The number of para-hydroxylation sites is 1. The fourth-order valence-corrected chi connectivity index (χ4v) is 2.32. The van der Waals surface area contributed by atoms with Crippen molar-refractivity contribution in [1.82, 2.24) is 0 Å². The highest BCUT2D eigenvalue weighted by Crippen LogP contribution is 2.24.